The molecule has 1 aliphatic rings. The molecule has 10 heteroatoms. The Labute approximate surface area is 159 Å². The van der Waals surface area contributed by atoms with Crippen LogP contribution in [0.1, 0.15) is 5.56 Å². The van der Waals surface area contributed by atoms with Crippen molar-refractivity contribution in [2.75, 3.05) is 5.32 Å². The molecular weight excluding hydrogens is 441 g/mol. The van der Waals surface area contributed by atoms with Crippen molar-refractivity contribution in [3.63, 3.8) is 0 Å². The molecule has 3 rings (SSSR count). The van der Waals surface area contributed by atoms with Crippen molar-refractivity contribution in [2.24, 2.45) is 0 Å². The standard InChI is InChI=1S/C16H11BrClF3N2O3/c1-8-2-4-11(10(17)6-8)22-14(24)23-16(15(19,20)21)25-12-5-3-9(18)7-13(12)26-16/h2-7H,1H3,(H2,22,23,24)/t16-/m0/s1. The van der Waals surface area contributed by atoms with E-state index in [1.54, 1.807) is 23.5 Å². The number of amides is 2. The van der Waals surface area contributed by atoms with E-state index in [2.05, 4.69) is 21.2 Å². The lowest BCUT2D eigenvalue weighted by molar-refractivity contribution is -0.317. The third kappa shape index (κ3) is 3.54. The smallest absolute Gasteiger partial charge is 0.424 e. The van der Waals surface area contributed by atoms with E-state index in [-0.39, 0.29) is 22.2 Å². The largest absolute Gasteiger partial charge is 0.492 e. The zero-order chi connectivity index (χ0) is 19.1. The van der Waals surface area contributed by atoms with Gasteiger partial charge >= 0.3 is 18.1 Å². The van der Waals surface area contributed by atoms with Gasteiger partial charge in [-0.3, -0.25) is 5.32 Å². The molecule has 2 aromatic carbocycles. The summed E-state index contributed by atoms with van der Waals surface area (Å²) in [5.41, 5.74) is 1.19. The van der Waals surface area contributed by atoms with Gasteiger partial charge in [-0.05, 0) is 52.7 Å². The van der Waals surface area contributed by atoms with Crippen molar-refractivity contribution in [3.05, 3.63) is 51.5 Å². The van der Waals surface area contributed by atoms with Gasteiger partial charge in [0.2, 0.25) is 0 Å². The number of fused-ring (bicyclic) bond motifs is 1. The van der Waals surface area contributed by atoms with Gasteiger partial charge in [0.15, 0.2) is 11.5 Å². The van der Waals surface area contributed by atoms with Crippen LogP contribution in [0.25, 0.3) is 0 Å². The number of benzene rings is 2. The summed E-state index contributed by atoms with van der Waals surface area (Å²) < 4.78 is 51.0. The summed E-state index contributed by atoms with van der Waals surface area (Å²) in [7, 11) is 0. The molecule has 2 aromatic rings. The summed E-state index contributed by atoms with van der Waals surface area (Å²) in [6, 6.07) is 7.52. The van der Waals surface area contributed by atoms with E-state index in [0.29, 0.717) is 4.47 Å². The molecule has 0 aromatic heterocycles. The second-order valence-electron chi connectivity index (χ2n) is 5.47. The Morgan fingerprint density at radius 2 is 1.85 bits per heavy atom. The minimum absolute atomic E-state index is 0.165. The Bertz CT molecular complexity index is 878. The Morgan fingerprint density at radius 3 is 2.50 bits per heavy atom. The molecule has 0 unspecified atom stereocenters. The molecule has 0 radical (unpaired) electrons. The Hall–Kier alpha value is -2.13. The molecule has 0 saturated carbocycles. The fraction of sp³-hybridized carbons (Fsp3) is 0.188. The van der Waals surface area contributed by atoms with Crippen molar-refractivity contribution in [3.8, 4) is 11.5 Å². The number of nitrogens with one attached hydrogen (secondary N) is 2. The van der Waals surface area contributed by atoms with Crippen LogP contribution in [0.15, 0.2) is 40.9 Å². The number of carbonyl (C=O) groups is 1. The number of hydrogen-bond acceptors (Lipinski definition) is 3. The third-order valence-corrected chi connectivity index (χ3v) is 4.33. The summed E-state index contributed by atoms with van der Waals surface area (Å²) in [5.74, 6) is -3.78. The minimum Gasteiger partial charge on any atom is -0.424 e. The van der Waals surface area contributed by atoms with Gasteiger partial charge in [0.1, 0.15) is 0 Å². The highest BCUT2D eigenvalue weighted by Gasteiger charge is 2.65. The average molecular weight is 452 g/mol. The van der Waals surface area contributed by atoms with Gasteiger partial charge in [-0.2, -0.15) is 13.2 Å². The Morgan fingerprint density at radius 1 is 1.15 bits per heavy atom. The van der Waals surface area contributed by atoms with E-state index < -0.39 is 18.1 Å². The van der Waals surface area contributed by atoms with Crippen molar-refractivity contribution in [1.29, 1.82) is 0 Å². The summed E-state index contributed by atoms with van der Waals surface area (Å²) in [4.78, 5) is 12.1. The van der Waals surface area contributed by atoms with Crippen molar-refractivity contribution in [1.82, 2.24) is 5.32 Å². The first-order valence-corrected chi connectivity index (χ1v) is 8.36. The second kappa shape index (κ2) is 6.55. The van der Waals surface area contributed by atoms with Crippen molar-refractivity contribution >= 4 is 39.2 Å². The topological polar surface area (TPSA) is 59.6 Å². The Balaban J connectivity index is 1.83. The quantitative estimate of drug-likeness (QED) is 0.658. The molecule has 0 fully saturated rings. The van der Waals surface area contributed by atoms with Crippen LogP contribution < -0.4 is 20.1 Å². The van der Waals surface area contributed by atoms with Crippen LogP contribution in [0.5, 0.6) is 11.5 Å². The molecular formula is C16H11BrClF3N2O3. The summed E-state index contributed by atoms with van der Waals surface area (Å²) in [6.45, 7) is 1.83. The maximum absolute atomic E-state index is 13.6. The molecule has 26 heavy (non-hydrogen) atoms. The number of hydrogen-bond donors (Lipinski definition) is 2. The number of urea groups is 1. The van der Waals surface area contributed by atoms with Crippen LogP contribution in [0.3, 0.4) is 0 Å². The molecule has 0 spiro atoms. The predicted octanol–water partition coefficient (Wildman–Crippen LogP) is 5.22. The number of alkyl halides is 3. The maximum Gasteiger partial charge on any atom is 0.492 e. The second-order valence-corrected chi connectivity index (χ2v) is 6.76. The summed E-state index contributed by atoms with van der Waals surface area (Å²) in [5, 5.41) is 4.19. The molecule has 0 aliphatic carbocycles. The molecule has 2 amide bonds. The van der Waals surface area contributed by atoms with Crippen LogP contribution in [-0.2, 0) is 0 Å². The molecule has 1 atom stereocenters. The highest BCUT2D eigenvalue weighted by Crippen LogP contribution is 2.46. The van der Waals surface area contributed by atoms with Crippen molar-refractivity contribution in [2.45, 2.75) is 19.0 Å². The van der Waals surface area contributed by atoms with E-state index in [1.165, 1.54) is 18.2 Å². The van der Waals surface area contributed by atoms with Gasteiger partial charge in [0, 0.05) is 15.6 Å². The van der Waals surface area contributed by atoms with E-state index in [0.717, 1.165) is 5.56 Å². The third-order valence-electron chi connectivity index (χ3n) is 3.44. The van der Waals surface area contributed by atoms with Crippen LogP contribution in [0, 0.1) is 6.92 Å². The first kappa shape index (κ1) is 18.7. The first-order valence-electron chi connectivity index (χ1n) is 7.19. The first-order chi connectivity index (χ1) is 12.1. The zero-order valence-corrected chi connectivity index (χ0v) is 15.4. The number of halogens is 5. The number of anilines is 1. The van der Waals surface area contributed by atoms with E-state index in [9.17, 15) is 18.0 Å². The lowest BCUT2D eigenvalue weighted by atomic mass is 10.2. The van der Waals surface area contributed by atoms with E-state index in [1.807, 2.05) is 6.92 Å². The molecule has 2 N–H and O–H groups in total. The fourth-order valence-corrected chi connectivity index (χ4v) is 2.99. The van der Waals surface area contributed by atoms with Crippen molar-refractivity contribution < 1.29 is 27.4 Å². The van der Waals surface area contributed by atoms with Gasteiger partial charge in [-0.1, -0.05) is 17.7 Å². The molecule has 138 valence electrons. The SMILES string of the molecule is Cc1ccc(NC(=O)N[C@@]2(C(F)(F)F)Oc3ccc(Cl)cc3O2)c(Br)c1. The highest BCUT2D eigenvalue weighted by molar-refractivity contribution is 9.10. The number of aryl methyl sites for hydroxylation is 1. The van der Waals surface area contributed by atoms with E-state index >= 15 is 0 Å². The lowest BCUT2D eigenvalue weighted by Gasteiger charge is -2.29. The fourth-order valence-electron chi connectivity index (χ4n) is 2.24. The zero-order valence-electron chi connectivity index (χ0n) is 13.1. The molecule has 1 aliphatic heterocycles. The summed E-state index contributed by atoms with van der Waals surface area (Å²) in [6.07, 6.45) is -5.06. The van der Waals surface area contributed by atoms with Gasteiger partial charge in [0.05, 0.1) is 5.69 Å². The highest BCUT2D eigenvalue weighted by atomic mass is 79.9. The normalized spacial score (nSPS) is 18.5. The summed E-state index contributed by atoms with van der Waals surface area (Å²) >= 11 is 8.98. The van der Waals surface area contributed by atoms with Gasteiger partial charge in [-0.25, -0.2) is 4.79 Å². The van der Waals surface area contributed by atoms with Crippen LogP contribution in [0.2, 0.25) is 5.02 Å². The number of carbonyl (C=O) groups excluding carboxylic acids is 1. The number of ether oxygens (including phenoxy) is 2. The molecule has 0 saturated heterocycles. The molecule has 1 heterocycles. The monoisotopic (exact) mass is 450 g/mol. The lowest BCUT2D eigenvalue weighted by Crippen LogP contribution is -2.65. The number of rotatable bonds is 2. The van der Waals surface area contributed by atoms with Crippen LogP contribution >= 0.6 is 27.5 Å². The average Bonchev–Trinajstić information content (AvgIpc) is 2.88. The molecule has 0 bridgehead atoms. The van der Waals surface area contributed by atoms with Crippen LogP contribution in [-0.4, -0.2) is 18.1 Å². The van der Waals surface area contributed by atoms with Gasteiger partial charge in [0.25, 0.3) is 0 Å². The van der Waals surface area contributed by atoms with Gasteiger partial charge in [-0.15, -0.1) is 0 Å². The predicted molar refractivity (Wildman–Crippen MR) is 92.5 cm³/mol. The Kier molecular flexibility index (Phi) is 4.70. The minimum atomic E-state index is -5.06. The molecule has 5 nitrogen and oxygen atoms in total. The van der Waals surface area contributed by atoms with Gasteiger partial charge < -0.3 is 14.8 Å². The van der Waals surface area contributed by atoms with E-state index in [4.69, 9.17) is 21.1 Å². The maximum atomic E-state index is 13.6. The van der Waals surface area contributed by atoms with Crippen LogP contribution in [0.4, 0.5) is 23.7 Å².